The summed E-state index contributed by atoms with van der Waals surface area (Å²) < 4.78 is 0. The first kappa shape index (κ1) is 12.8. The van der Waals surface area contributed by atoms with Crippen molar-refractivity contribution in [2.45, 2.75) is 33.0 Å². The summed E-state index contributed by atoms with van der Waals surface area (Å²) in [6, 6.07) is 0.0879. The van der Waals surface area contributed by atoms with E-state index in [1.807, 2.05) is 6.92 Å². The summed E-state index contributed by atoms with van der Waals surface area (Å²) in [4.78, 5) is 0. The largest absolute Gasteiger partial charge is 0.395 e. The second-order valence-electron chi connectivity index (χ2n) is 2.94. The van der Waals surface area contributed by atoms with Gasteiger partial charge in [-0.05, 0) is 19.6 Å². The van der Waals surface area contributed by atoms with E-state index in [-0.39, 0.29) is 18.8 Å². The Kier molecular flexibility index (Phi) is 8.33. The van der Waals surface area contributed by atoms with E-state index in [2.05, 4.69) is 29.8 Å². The number of hydrogen-bond donors (Lipinski definition) is 4. The molecule has 1 unspecified atom stereocenters. The van der Waals surface area contributed by atoms with Crippen LogP contribution in [0.1, 0.15) is 20.8 Å². The van der Waals surface area contributed by atoms with Gasteiger partial charge in [0.2, 0.25) is 0 Å². The van der Waals surface area contributed by atoms with Gasteiger partial charge >= 0.3 is 0 Å². The van der Waals surface area contributed by atoms with Crippen LogP contribution < -0.4 is 16.0 Å². The molecule has 0 aliphatic heterocycles. The molecule has 0 radical (unpaired) electrons. The zero-order valence-electron chi connectivity index (χ0n) is 8.93. The first-order valence-electron chi connectivity index (χ1n) is 5.11. The van der Waals surface area contributed by atoms with Crippen LogP contribution in [0.2, 0.25) is 0 Å². The Morgan fingerprint density at radius 1 is 0.923 bits per heavy atom. The lowest BCUT2D eigenvalue weighted by atomic mass is 10.2. The van der Waals surface area contributed by atoms with Crippen LogP contribution in [0.15, 0.2) is 0 Å². The molecule has 0 fully saturated rings. The van der Waals surface area contributed by atoms with Crippen LogP contribution in [-0.4, -0.2) is 43.6 Å². The monoisotopic (exact) mass is 189 g/mol. The quantitative estimate of drug-likeness (QED) is 0.389. The van der Waals surface area contributed by atoms with Gasteiger partial charge in [0.25, 0.3) is 0 Å². The number of aliphatic hydroxyl groups is 1. The second-order valence-corrected chi connectivity index (χ2v) is 2.94. The molecule has 0 spiro atoms. The van der Waals surface area contributed by atoms with Gasteiger partial charge in [0.15, 0.2) is 0 Å². The van der Waals surface area contributed by atoms with E-state index in [1.54, 1.807) is 0 Å². The molecule has 13 heavy (non-hydrogen) atoms. The molecular formula is C9H23N3O. The van der Waals surface area contributed by atoms with Crippen molar-refractivity contribution in [3.05, 3.63) is 0 Å². The van der Waals surface area contributed by atoms with Crippen LogP contribution in [0.4, 0.5) is 0 Å². The smallest absolute Gasteiger partial charge is 0.0752 e. The molecule has 1 atom stereocenters. The molecule has 4 heteroatoms. The van der Waals surface area contributed by atoms with Crippen molar-refractivity contribution in [3.8, 4) is 0 Å². The van der Waals surface area contributed by atoms with Crippen LogP contribution in [0.3, 0.4) is 0 Å². The maximum Gasteiger partial charge on any atom is 0.0752 e. The molecule has 0 aromatic rings. The number of aliphatic hydroxyl groups excluding tert-OH is 1. The van der Waals surface area contributed by atoms with Crippen LogP contribution >= 0.6 is 0 Å². The second kappa shape index (κ2) is 8.44. The van der Waals surface area contributed by atoms with Crippen molar-refractivity contribution in [2.24, 2.45) is 0 Å². The van der Waals surface area contributed by atoms with Crippen molar-refractivity contribution in [1.82, 2.24) is 16.0 Å². The molecule has 0 aliphatic rings. The highest BCUT2D eigenvalue weighted by molar-refractivity contribution is 4.78. The zero-order valence-corrected chi connectivity index (χ0v) is 8.93. The number of rotatable bonds is 8. The Morgan fingerprint density at radius 2 is 1.38 bits per heavy atom. The fraction of sp³-hybridized carbons (Fsp3) is 1.00. The third-order valence-corrected chi connectivity index (χ3v) is 1.91. The molecule has 0 rings (SSSR count). The van der Waals surface area contributed by atoms with E-state index in [9.17, 15) is 0 Å². The van der Waals surface area contributed by atoms with E-state index in [4.69, 9.17) is 5.11 Å². The molecule has 0 saturated heterocycles. The maximum absolute atomic E-state index is 9.14. The molecule has 80 valence electrons. The van der Waals surface area contributed by atoms with Crippen molar-refractivity contribution < 1.29 is 5.11 Å². The van der Waals surface area contributed by atoms with Gasteiger partial charge in [-0.25, -0.2) is 0 Å². The summed E-state index contributed by atoms with van der Waals surface area (Å²) in [5.74, 6) is 0. The van der Waals surface area contributed by atoms with Crippen LogP contribution in [0.5, 0.6) is 0 Å². The maximum atomic E-state index is 9.14. The fourth-order valence-corrected chi connectivity index (χ4v) is 1.35. The fourth-order valence-electron chi connectivity index (χ4n) is 1.35. The van der Waals surface area contributed by atoms with Gasteiger partial charge in [0.1, 0.15) is 0 Å². The lowest BCUT2D eigenvalue weighted by Gasteiger charge is -2.27. The van der Waals surface area contributed by atoms with Crippen LogP contribution in [0, 0.1) is 0 Å². The molecule has 0 aromatic carbocycles. The van der Waals surface area contributed by atoms with Crippen LogP contribution in [-0.2, 0) is 0 Å². The minimum Gasteiger partial charge on any atom is -0.395 e. The highest BCUT2D eigenvalue weighted by Crippen LogP contribution is 1.89. The molecule has 4 nitrogen and oxygen atoms in total. The van der Waals surface area contributed by atoms with Gasteiger partial charge in [0, 0.05) is 0 Å². The van der Waals surface area contributed by atoms with E-state index in [0.29, 0.717) is 0 Å². The Labute approximate surface area is 81.1 Å². The van der Waals surface area contributed by atoms with Gasteiger partial charge in [-0.3, -0.25) is 0 Å². The zero-order chi connectivity index (χ0) is 10.1. The number of likely N-dealkylation sites (N-methyl/N-ethyl adjacent to an activating group) is 3. The number of hydrogen-bond acceptors (Lipinski definition) is 4. The Balaban J connectivity index is 3.94. The first-order valence-corrected chi connectivity index (χ1v) is 5.11. The summed E-state index contributed by atoms with van der Waals surface area (Å²) in [7, 11) is 0. The van der Waals surface area contributed by atoms with Gasteiger partial charge in [-0.2, -0.15) is 0 Å². The highest BCUT2D eigenvalue weighted by atomic mass is 16.3. The minimum atomic E-state index is 0.0879. The standard InChI is InChI=1S/C9H23N3O/c1-4-10-8(7-13)9(11-5-2)12-6-3/h8-13H,4-7H2,1-3H3. The third-order valence-electron chi connectivity index (χ3n) is 1.91. The molecule has 0 saturated carbocycles. The van der Waals surface area contributed by atoms with Gasteiger partial charge in [-0.1, -0.05) is 20.8 Å². The Morgan fingerprint density at radius 3 is 1.69 bits per heavy atom. The van der Waals surface area contributed by atoms with Gasteiger partial charge in [0.05, 0.1) is 18.8 Å². The lowest BCUT2D eigenvalue weighted by molar-refractivity contribution is 0.198. The summed E-state index contributed by atoms with van der Waals surface area (Å²) in [5.41, 5.74) is 0. The van der Waals surface area contributed by atoms with E-state index in [0.717, 1.165) is 19.6 Å². The van der Waals surface area contributed by atoms with Crippen LogP contribution in [0.25, 0.3) is 0 Å². The first-order chi connectivity index (χ1) is 6.29. The Hall–Kier alpha value is -0.160. The molecule has 0 bridgehead atoms. The van der Waals surface area contributed by atoms with Crippen molar-refractivity contribution in [2.75, 3.05) is 26.2 Å². The average Bonchev–Trinajstić information content (AvgIpc) is 2.14. The number of nitrogens with one attached hydrogen (secondary N) is 3. The normalized spacial score (nSPS) is 13.6. The predicted molar refractivity (Wildman–Crippen MR) is 55.7 cm³/mol. The summed E-state index contributed by atoms with van der Waals surface area (Å²) in [6.45, 7) is 8.99. The van der Waals surface area contributed by atoms with E-state index in [1.165, 1.54) is 0 Å². The summed E-state index contributed by atoms with van der Waals surface area (Å²) in [6.07, 6.45) is 0.153. The molecule has 0 aliphatic carbocycles. The van der Waals surface area contributed by atoms with Gasteiger partial charge in [-0.15, -0.1) is 0 Å². The SMILES string of the molecule is CCNC(CO)C(NCC)NCC. The van der Waals surface area contributed by atoms with E-state index < -0.39 is 0 Å². The van der Waals surface area contributed by atoms with Gasteiger partial charge < -0.3 is 21.1 Å². The average molecular weight is 189 g/mol. The molecule has 0 heterocycles. The summed E-state index contributed by atoms with van der Waals surface area (Å²) in [5, 5.41) is 18.9. The third kappa shape index (κ3) is 5.21. The van der Waals surface area contributed by atoms with Crippen molar-refractivity contribution in [3.63, 3.8) is 0 Å². The minimum absolute atomic E-state index is 0.0879. The summed E-state index contributed by atoms with van der Waals surface area (Å²) >= 11 is 0. The topological polar surface area (TPSA) is 56.3 Å². The molecule has 0 amide bonds. The highest BCUT2D eigenvalue weighted by Gasteiger charge is 2.16. The lowest BCUT2D eigenvalue weighted by Crippen LogP contribution is -2.57. The van der Waals surface area contributed by atoms with Crippen molar-refractivity contribution in [1.29, 1.82) is 0 Å². The van der Waals surface area contributed by atoms with E-state index >= 15 is 0 Å². The predicted octanol–water partition coefficient (Wildman–Crippen LogP) is -0.498. The van der Waals surface area contributed by atoms with Crippen molar-refractivity contribution >= 4 is 0 Å². The molecule has 0 aromatic heterocycles. The molecular weight excluding hydrogens is 166 g/mol. The molecule has 4 N–H and O–H groups in total. The Bertz CT molecular complexity index is 105.